The lowest BCUT2D eigenvalue weighted by atomic mass is 9.83. The van der Waals surface area contributed by atoms with E-state index in [1.54, 1.807) is 0 Å². The van der Waals surface area contributed by atoms with E-state index < -0.39 is 78.7 Å². The highest BCUT2D eigenvalue weighted by atomic mass is 16.3. The monoisotopic (exact) mass is 685 g/mol. The molecule has 1 nitrogen and oxygen atoms in total. The predicted molar refractivity (Wildman–Crippen MR) is 225 cm³/mol. The maximum atomic E-state index is 9.63. The first kappa shape index (κ1) is 19.6. The quantitative estimate of drug-likeness (QED) is 0.133. The van der Waals surface area contributed by atoms with Gasteiger partial charge < -0.3 is 4.42 Å². The Balaban J connectivity index is 1.36. The van der Waals surface area contributed by atoms with Crippen molar-refractivity contribution in [3.63, 3.8) is 0 Å². The van der Waals surface area contributed by atoms with Gasteiger partial charge in [0.2, 0.25) is 0 Å². The minimum atomic E-state index is -0.682. The Labute approximate surface area is 325 Å². The maximum absolute atomic E-state index is 9.63. The number of rotatable bonds is 4. The van der Waals surface area contributed by atoms with E-state index in [1.807, 2.05) is 78.9 Å². The zero-order valence-electron chi connectivity index (χ0n) is 40.9. The third kappa shape index (κ3) is 4.58. The molecule has 0 bridgehead atoms. The number of hydrogen-bond acceptors (Lipinski definition) is 1. The molecular formula is C52H32O. The van der Waals surface area contributed by atoms with E-state index >= 15 is 0 Å². The predicted octanol–water partition coefficient (Wildman–Crippen LogP) is 14.9. The molecule has 0 saturated carbocycles. The fourth-order valence-electron chi connectivity index (χ4n) is 7.94. The van der Waals surface area contributed by atoms with Crippen molar-refractivity contribution in [1.29, 1.82) is 0 Å². The summed E-state index contributed by atoms with van der Waals surface area (Å²) in [5.74, 6) is 0. The van der Waals surface area contributed by atoms with Crippen LogP contribution in [0.4, 0.5) is 0 Å². The van der Waals surface area contributed by atoms with Crippen molar-refractivity contribution >= 4 is 64.8 Å². The molecule has 246 valence electrons. The molecular weight excluding hydrogens is 641 g/mol. The lowest BCUT2D eigenvalue weighted by molar-refractivity contribution is 0.617. The second-order valence-electron chi connectivity index (χ2n) is 13.0. The van der Waals surface area contributed by atoms with Gasteiger partial charge in [-0.05, 0) is 111 Å². The van der Waals surface area contributed by atoms with Crippen molar-refractivity contribution in [3.05, 3.63) is 194 Å². The molecule has 0 unspecified atom stereocenters. The van der Waals surface area contributed by atoms with Gasteiger partial charge in [0.25, 0.3) is 0 Å². The minimum Gasteiger partial charge on any atom is -0.464 e. The van der Waals surface area contributed by atoms with E-state index in [2.05, 4.69) is 36.4 Å². The second kappa shape index (κ2) is 11.8. The number of furan rings is 1. The summed E-state index contributed by atoms with van der Waals surface area (Å²) < 4.78 is 124. The highest BCUT2D eigenvalue weighted by molar-refractivity contribution is 6.26. The molecule has 0 aliphatic heterocycles. The Morgan fingerprint density at radius 3 is 1.64 bits per heavy atom. The van der Waals surface area contributed by atoms with Gasteiger partial charge in [-0.3, -0.25) is 0 Å². The van der Waals surface area contributed by atoms with Gasteiger partial charge >= 0.3 is 0 Å². The molecule has 0 fully saturated rings. The van der Waals surface area contributed by atoms with Crippen molar-refractivity contribution in [2.45, 2.75) is 0 Å². The largest absolute Gasteiger partial charge is 0.464 e. The van der Waals surface area contributed by atoms with Crippen LogP contribution < -0.4 is 0 Å². The molecule has 0 aliphatic rings. The van der Waals surface area contributed by atoms with E-state index in [4.69, 9.17) is 16.8 Å². The molecule has 0 saturated heterocycles. The normalized spacial score (nSPS) is 15.2. The van der Waals surface area contributed by atoms with Gasteiger partial charge in [-0.2, -0.15) is 0 Å². The van der Waals surface area contributed by atoms with E-state index in [-0.39, 0.29) is 49.2 Å². The molecule has 0 N–H and O–H groups in total. The van der Waals surface area contributed by atoms with Gasteiger partial charge in [-0.1, -0.05) is 164 Å². The standard InChI is InChI=1S/C52H32O/c1-2-15-33(16-3-1)46-31-47-37(26-14-27-40(47)38-19-6-7-20-39(38)46)35-29-34-17-4-5-18-36(34)48(30-35)51-42-22-8-10-24-44(42)52(45-25-11-9-23-43(45)51)49-32-53-50-28-13-12-21-41(49)50/h1-32H/i8D,9D,10D,11D,12D,13D,21D,22D,23D,24D,25D,28D,32D. The SMILES string of the molecule is [2H]c1oc2c([2H])c([2H])c([2H])c([2H])c2c1-c1c2c([2H])c([2H])c([2H])c([2H])c2c(-c2cc(-c3cccc4c3cc(-c3ccccc3)c3ccccc34)cc3ccccc23)c2c([2H])c([2H])c([2H])c([2H])c12. The van der Waals surface area contributed by atoms with Crippen LogP contribution in [0.3, 0.4) is 0 Å². The Hall–Kier alpha value is -6.96. The van der Waals surface area contributed by atoms with Crippen molar-refractivity contribution in [2.75, 3.05) is 0 Å². The van der Waals surface area contributed by atoms with Crippen LogP contribution in [0.15, 0.2) is 198 Å². The smallest absolute Gasteiger partial charge is 0.134 e. The molecule has 1 aromatic heterocycles. The summed E-state index contributed by atoms with van der Waals surface area (Å²) in [6.45, 7) is 0. The molecule has 1 heteroatoms. The van der Waals surface area contributed by atoms with Crippen LogP contribution >= 0.6 is 0 Å². The highest BCUT2D eigenvalue weighted by Crippen LogP contribution is 2.48. The summed E-state index contributed by atoms with van der Waals surface area (Å²) in [6.07, 6.45) is -0.682. The average molecular weight is 686 g/mol. The Morgan fingerprint density at radius 1 is 0.340 bits per heavy atom. The third-order valence-corrected chi connectivity index (χ3v) is 10.2. The van der Waals surface area contributed by atoms with Crippen LogP contribution in [-0.4, -0.2) is 0 Å². The number of para-hydroxylation sites is 1. The first-order valence-electron chi connectivity index (χ1n) is 23.7. The number of benzene rings is 10. The molecule has 0 radical (unpaired) electrons. The van der Waals surface area contributed by atoms with E-state index in [9.17, 15) is 5.48 Å². The molecule has 0 atom stereocenters. The number of fused-ring (bicyclic) bond motifs is 7. The van der Waals surface area contributed by atoms with Crippen molar-refractivity contribution in [3.8, 4) is 44.5 Å². The highest BCUT2D eigenvalue weighted by Gasteiger charge is 2.21. The average Bonchev–Trinajstić information content (AvgIpc) is 3.69. The van der Waals surface area contributed by atoms with E-state index in [0.717, 1.165) is 49.2 Å². The molecule has 0 aliphatic carbocycles. The fraction of sp³-hybridized carbons (Fsp3) is 0. The van der Waals surface area contributed by atoms with E-state index in [1.165, 1.54) is 0 Å². The number of hydrogen-bond donors (Lipinski definition) is 0. The summed E-state index contributed by atoms with van der Waals surface area (Å²) in [7, 11) is 0. The maximum Gasteiger partial charge on any atom is 0.134 e. The van der Waals surface area contributed by atoms with Crippen LogP contribution in [0.25, 0.3) is 109 Å². The molecule has 11 rings (SSSR count). The molecule has 53 heavy (non-hydrogen) atoms. The van der Waals surface area contributed by atoms with Crippen LogP contribution in [0.5, 0.6) is 0 Å². The minimum absolute atomic E-state index is 0.0951. The second-order valence-corrected chi connectivity index (χ2v) is 13.0. The van der Waals surface area contributed by atoms with Crippen LogP contribution in [-0.2, 0) is 0 Å². The summed E-state index contributed by atoms with van der Waals surface area (Å²) in [5.41, 5.74) is 3.19. The first-order chi connectivity index (χ1) is 31.7. The molecule has 10 aromatic carbocycles. The van der Waals surface area contributed by atoms with Crippen molar-refractivity contribution in [1.82, 2.24) is 0 Å². The van der Waals surface area contributed by atoms with Crippen LogP contribution in [0.2, 0.25) is 0 Å². The molecule has 11 aromatic rings. The van der Waals surface area contributed by atoms with Crippen LogP contribution in [0.1, 0.15) is 17.8 Å². The third-order valence-electron chi connectivity index (χ3n) is 10.2. The van der Waals surface area contributed by atoms with Crippen molar-refractivity contribution < 1.29 is 22.2 Å². The van der Waals surface area contributed by atoms with Gasteiger partial charge in [0.1, 0.15) is 6.95 Å². The Kier molecular flexibility index (Phi) is 4.36. The fourth-order valence-corrected chi connectivity index (χ4v) is 7.94. The molecule has 0 amide bonds. The summed E-state index contributed by atoms with van der Waals surface area (Å²) in [5, 5.41) is 4.49. The Morgan fingerprint density at radius 2 is 0.906 bits per heavy atom. The van der Waals surface area contributed by atoms with Gasteiger partial charge in [0.15, 0.2) is 0 Å². The van der Waals surface area contributed by atoms with Gasteiger partial charge in [0, 0.05) is 16.5 Å². The van der Waals surface area contributed by atoms with Crippen molar-refractivity contribution in [2.24, 2.45) is 0 Å². The summed E-state index contributed by atoms with van der Waals surface area (Å²) >= 11 is 0. The van der Waals surface area contributed by atoms with Gasteiger partial charge in [-0.25, -0.2) is 0 Å². The van der Waals surface area contributed by atoms with Gasteiger partial charge in [0.05, 0.1) is 22.7 Å². The lowest BCUT2D eigenvalue weighted by Gasteiger charge is -2.20. The topological polar surface area (TPSA) is 13.1 Å². The summed E-state index contributed by atoms with van der Waals surface area (Å²) in [4.78, 5) is 0. The molecule has 0 spiro atoms. The van der Waals surface area contributed by atoms with Gasteiger partial charge in [-0.15, -0.1) is 0 Å². The molecule has 1 heterocycles. The first-order valence-corrected chi connectivity index (χ1v) is 17.2. The zero-order valence-corrected chi connectivity index (χ0v) is 27.9. The summed E-state index contributed by atoms with van der Waals surface area (Å²) in [6, 6.07) is 30.8. The van der Waals surface area contributed by atoms with Crippen LogP contribution in [0, 0.1) is 0 Å². The Bertz CT molecular complexity index is 3890. The lowest BCUT2D eigenvalue weighted by Crippen LogP contribution is -1.93. The van der Waals surface area contributed by atoms with E-state index in [0.29, 0.717) is 10.9 Å². The zero-order chi connectivity index (χ0) is 46.2.